The van der Waals surface area contributed by atoms with Crippen LogP contribution in [0.1, 0.15) is 5.69 Å². The van der Waals surface area contributed by atoms with Gasteiger partial charge in [0.1, 0.15) is 5.69 Å². The zero-order chi connectivity index (χ0) is 13.5. The topological polar surface area (TPSA) is 81.8 Å². The highest BCUT2D eigenvalue weighted by atomic mass is 79.9. The summed E-state index contributed by atoms with van der Waals surface area (Å²) in [5, 5.41) is 17.4. The molecule has 0 bridgehead atoms. The molecule has 6 nitrogen and oxygen atoms in total. The summed E-state index contributed by atoms with van der Waals surface area (Å²) in [6.45, 7) is 0. The van der Waals surface area contributed by atoms with Gasteiger partial charge in [-0.3, -0.25) is 10.2 Å². The van der Waals surface area contributed by atoms with Crippen LogP contribution in [-0.2, 0) is 0 Å². The van der Waals surface area contributed by atoms with E-state index in [2.05, 4.69) is 46.6 Å². The second-order valence-electron chi connectivity index (χ2n) is 4.34. The largest absolute Gasteiger partial charge is 0.335 e. The Morgan fingerprint density at radius 3 is 2.90 bits per heavy atom. The molecule has 0 amide bonds. The van der Waals surface area contributed by atoms with Crippen LogP contribution >= 0.6 is 15.9 Å². The summed E-state index contributed by atoms with van der Waals surface area (Å²) in [5.74, 6) is 0.672. The number of aliphatic imine (C=N–C) groups is 1. The third-order valence-electron chi connectivity index (χ3n) is 3.12. The Hall–Kier alpha value is -2.41. The average Bonchev–Trinajstić information content (AvgIpc) is 3.05. The number of aromatic nitrogens is 4. The number of fused-ring (bicyclic) bond motifs is 3. The summed E-state index contributed by atoms with van der Waals surface area (Å²) < 4.78 is 0.855. The summed E-state index contributed by atoms with van der Waals surface area (Å²) in [6, 6.07) is 7.92. The van der Waals surface area contributed by atoms with Crippen molar-refractivity contribution in [1.29, 1.82) is 0 Å². The van der Waals surface area contributed by atoms with E-state index in [0.29, 0.717) is 5.84 Å². The normalized spacial score (nSPS) is 12.9. The lowest BCUT2D eigenvalue weighted by Crippen LogP contribution is -2.13. The van der Waals surface area contributed by atoms with Gasteiger partial charge in [0.2, 0.25) is 0 Å². The van der Waals surface area contributed by atoms with Crippen molar-refractivity contribution < 1.29 is 0 Å². The predicted octanol–water partition coefficient (Wildman–Crippen LogP) is 3.07. The first-order valence-electron chi connectivity index (χ1n) is 6.01. The minimum atomic E-state index is 0.672. The molecular weight excluding hydrogens is 320 g/mol. The monoisotopic (exact) mass is 328 g/mol. The maximum atomic E-state index is 4.67. The van der Waals surface area contributed by atoms with Gasteiger partial charge in [-0.1, -0.05) is 18.2 Å². The number of benzene rings is 1. The first kappa shape index (κ1) is 11.4. The molecule has 2 aromatic heterocycles. The van der Waals surface area contributed by atoms with Crippen LogP contribution in [0.5, 0.6) is 0 Å². The van der Waals surface area contributed by atoms with Crippen molar-refractivity contribution in [3.05, 3.63) is 46.8 Å². The number of hydrogen-bond donors (Lipinski definition) is 3. The first-order chi connectivity index (χ1) is 9.83. The van der Waals surface area contributed by atoms with Gasteiger partial charge in [0.25, 0.3) is 0 Å². The molecule has 0 unspecified atom stereocenters. The quantitative estimate of drug-likeness (QED) is 0.642. The van der Waals surface area contributed by atoms with Crippen molar-refractivity contribution in [3.63, 3.8) is 0 Å². The number of hydrogen-bond acceptors (Lipinski definition) is 4. The van der Waals surface area contributed by atoms with E-state index < -0.39 is 0 Å². The molecule has 0 spiro atoms. The van der Waals surface area contributed by atoms with Crippen molar-refractivity contribution in [3.8, 4) is 11.3 Å². The van der Waals surface area contributed by atoms with Crippen LogP contribution in [0, 0.1) is 0 Å². The molecule has 0 fully saturated rings. The van der Waals surface area contributed by atoms with Gasteiger partial charge in [-0.15, -0.1) is 0 Å². The molecule has 20 heavy (non-hydrogen) atoms. The van der Waals surface area contributed by atoms with E-state index in [-0.39, 0.29) is 0 Å². The molecule has 0 saturated heterocycles. The van der Waals surface area contributed by atoms with Crippen molar-refractivity contribution in [2.75, 3.05) is 5.32 Å². The summed E-state index contributed by atoms with van der Waals surface area (Å²) in [4.78, 5) is 4.67. The third kappa shape index (κ3) is 1.67. The zero-order valence-corrected chi connectivity index (χ0v) is 11.8. The van der Waals surface area contributed by atoms with Crippen LogP contribution < -0.4 is 5.32 Å². The number of rotatable bonds is 1. The molecular formula is C13H9BrN6. The van der Waals surface area contributed by atoms with E-state index in [1.165, 1.54) is 0 Å². The van der Waals surface area contributed by atoms with Crippen LogP contribution in [0.25, 0.3) is 11.3 Å². The summed E-state index contributed by atoms with van der Waals surface area (Å²) in [5.41, 5.74) is 4.41. The number of amidine groups is 1. The fourth-order valence-electron chi connectivity index (χ4n) is 2.20. The van der Waals surface area contributed by atoms with Gasteiger partial charge in [0, 0.05) is 11.8 Å². The van der Waals surface area contributed by atoms with Crippen molar-refractivity contribution in [2.45, 2.75) is 0 Å². The zero-order valence-electron chi connectivity index (χ0n) is 10.2. The number of para-hydroxylation sites is 1. The first-order valence-corrected chi connectivity index (χ1v) is 6.80. The van der Waals surface area contributed by atoms with E-state index in [0.717, 1.165) is 32.8 Å². The predicted molar refractivity (Wildman–Crippen MR) is 80.1 cm³/mol. The van der Waals surface area contributed by atoms with Crippen LogP contribution in [-0.4, -0.2) is 26.2 Å². The number of anilines is 1. The van der Waals surface area contributed by atoms with Crippen molar-refractivity contribution >= 4 is 33.1 Å². The number of halogens is 1. The Morgan fingerprint density at radius 2 is 2.05 bits per heavy atom. The molecule has 0 aliphatic carbocycles. The minimum absolute atomic E-state index is 0.672. The smallest absolute Gasteiger partial charge is 0.160 e. The highest BCUT2D eigenvalue weighted by Gasteiger charge is 2.20. The molecule has 0 saturated carbocycles. The fourth-order valence-corrected chi connectivity index (χ4v) is 2.58. The Balaban J connectivity index is 1.97. The van der Waals surface area contributed by atoms with Crippen molar-refractivity contribution in [2.24, 2.45) is 4.99 Å². The molecule has 7 heteroatoms. The van der Waals surface area contributed by atoms with E-state index >= 15 is 0 Å². The maximum absolute atomic E-state index is 4.67. The van der Waals surface area contributed by atoms with Crippen LogP contribution in [0.3, 0.4) is 0 Å². The molecule has 3 N–H and O–H groups in total. The molecule has 1 aliphatic heterocycles. The van der Waals surface area contributed by atoms with Gasteiger partial charge in [-0.05, 0) is 22.0 Å². The van der Waals surface area contributed by atoms with Gasteiger partial charge >= 0.3 is 0 Å². The average molecular weight is 329 g/mol. The van der Waals surface area contributed by atoms with E-state index in [1.54, 1.807) is 12.4 Å². The van der Waals surface area contributed by atoms with Crippen molar-refractivity contribution in [1.82, 2.24) is 20.4 Å². The number of H-pyrrole nitrogens is 2. The summed E-state index contributed by atoms with van der Waals surface area (Å²) in [6.07, 6.45) is 3.51. The van der Waals surface area contributed by atoms with Gasteiger partial charge in [-0.25, -0.2) is 4.99 Å². The SMILES string of the molecule is Brc1c[nH]nc1C1=Nc2ccccc2-c2[nH]ncc2N1. The van der Waals surface area contributed by atoms with E-state index in [4.69, 9.17) is 0 Å². The van der Waals surface area contributed by atoms with Crippen LogP contribution in [0.4, 0.5) is 11.4 Å². The second-order valence-corrected chi connectivity index (χ2v) is 5.20. The van der Waals surface area contributed by atoms with E-state index in [1.807, 2.05) is 24.3 Å². The maximum Gasteiger partial charge on any atom is 0.160 e. The second kappa shape index (κ2) is 4.31. The minimum Gasteiger partial charge on any atom is -0.335 e. The molecule has 0 atom stereocenters. The summed E-state index contributed by atoms with van der Waals surface area (Å²) >= 11 is 3.46. The lowest BCUT2D eigenvalue weighted by atomic mass is 10.1. The fraction of sp³-hybridized carbons (Fsp3) is 0. The molecule has 98 valence electrons. The molecule has 4 rings (SSSR count). The Bertz CT molecular complexity index is 816. The highest BCUT2D eigenvalue weighted by Crippen LogP contribution is 2.36. The van der Waals surface area contributed by atoms with Gasteiger partial charge in [0.05, 0.1) is 27.7 Å². The molecule has 3 heterocycles. The number of aromatic amines is 2. The molecule has 3 aromatic rings. The lowest BCUT2D eigenvalue weighted by Gasteiger charge is -2.04. The van der Waals surface area contributed by atoms with Crippen LogP contribution in [0.15, 0.2) is 46.1 Å². The van der Waals surface area contributed by atoms with E-state index in [9.17, 15) is 0 Å². The summed E-state index contributed by atoms with van der Waals surface area (Å²) in [7, 11) is 0. The third-order valence-corrected chi connectivity index (χ3v) is 3.72. The standard InChI is InChI=1S/C13H9BrN6/c14-8-5-15-20-12(8)13-17-9-4-2-1-3-7(9)11-10(18-13)6-16-19-11/h1-6H,(H,15,20)(H,16,19)(H,17,18). The molecule has 1 aromatic carbocycles. The Labute approximate surface area is 122 Å². The number of nitrogens with zero attached hydrogens (tertiary/aromatic N) is 3. The highest BCUT2D eigenvalue weighted by molar-refractivity contribution is 9.10. The molecule has 0 radical (unpaired) electrons. The Morgan fingerprint density at radius 1 is 1.15 bits per heavy atom. The number of nitrogens with one attached hydrogen (secondary N) is 3. The Kier molecular flexibility index (Phi) is 2.46. The molecule has 1 aliphatic rings. The lowest BCUT2D eigenvalue weighted by molar-refractivity contribution is 1.08. The van der Waals surface area contributed by atoms with Gasteiger partial charge in [-0.2, -0.15) is 10.2 Å². The van der Waals surface area contributed by atoms with Crippen LogP contribution in [0.2, 0.25) is 0 Å². The van der Waals surface area contributed by atoms with Gasteiger partial charge < -0.3 is 5.32 Å². The van der Waals surface area contributed by atoms with Gasteiger partial charge in [0.15, 0.2) is 5.84 Å².